The van der Waals surface area contributed by atoms with Gasteiger partial charge in [-0.15, -0.1) is 0 Å². The van der Waals surface area contributed by atoms with Gasteiger partial charge >= 0.3 is 0 Å². The van der Waals surface area contributed by atoms with Crippen LogP contribution in [0.5, 0.6) is 0 Å². The highest BCUT2D eigenvalue weighted by Crippen LogP contribution is 2.53. The molecule has 0 atom stereocenters. The first-order valence-corrected chi connectivity index (χ1v) is 21.1. The van der Waals surface area contributed by atoms with Gasteiger partial charge in [-0.05, 0) is 122 Å². The average molecular weight is 748 g/mol. The van der Waals surface area contributed by atoms with Crippen LogP contribution in [0.3, 0.4) is 0 Å². The Kier molecular flexibility index (Phi) is 9.38. The van der Waals surface area contributed by atoms with Gasteiger partial charge in [0.1, 0.15) is 0 Å². The largest absolute Gasteiger partial charge is 0.310 e. The van der Waals surface area contributed by atoms with E-state index in [1.807, 2.05) is 0 Å². The van der Waals surface area contributed by atoms with Gasteiger partial charge in [-0.1, -0.05) is 191 Å². The first-order chi connectivity index (χ1) is 28.5. The van der Waals surface area contributed by atoms with Crippen LogP contribution in [0.4, 0.5) is 17.1 Å². The molecular weight excluding hydrogens is 699 g/mol. The summed E-state index contributed by atoms with van der Waals surface area (Å²) in [5, 5.41) is 0. The fourth-order valence-corrected chi connectivity index (χ4v) is 9.88. The zero-order chi connectivity index (χ0) is 39.1. The van der Waals surface area contributed by atoms with Crippen molar-refractivity contribution in [2.24, 2.45) is 0 Å². The third kappa shape index (κ3) is 6.45. The second-order valence-electron chi connectivity index (χ2n) is 16.7. The number of nitrogens with zero attached hydrogens (tertiary/aromatic N) is 1. The maximum atomic E-state index is 2.51. The van der Waals surface area contributed by atoms with E-state index in [4.69, 9.17) is 0 Å². The molecule has 0 unspecified atom stereocenters. The van der Waals surface area contributed by atoms with E-state index in [-0.39, 0.29) is 5.41 Å². The van der Waals surface area contributed by atoms with Gasteiger partial charge in [0.15, 0.2) is 0 Å². The third-order valence-electron chi connectivity index (χ3n) is 12.9. The van der Waals surface area contributed by atoms with E-state index < -0.39 is 0 Å². The smallest absolute Gasteiger partial charge is 0.0543 e. The fourth-order valence-electron chi connectivity index (χ4n) is 9.88. The SMILES string of the molecule is CC1(C)c2ccccc2-c2cc(-c3ccccc3)c(N(c3ccc(-c4ccccc4-c4ccccc4-c4ccccc4)cc3)c3ccc(C4CCCCC4)cc3)cc21. The Hall–Kier alpha value is -6.44. The lowest BCUT2D eigenvalue weighted by Gasteiger charge is -2.31. The first-order valence-electron chi connectivity index (χ1n) is 21.1. The minimum atomic E-state index is -0.129. The normalized spacial score (nSPS) is 14.4. The van der Waals surface area contributed by atoms with Gasteiger partial charge in [-0.2, -0.15) is 0 Å². The molecule has 0 spiro atoms. The molecule has 0 aliphatic heterocycles. The van der Waals surface area contributed by atoms with Crippen LogP contribution in [0.25, 0.3) is 55.6 Å². The Labute approximate surface area is 344 Å². The average Bonchev–Trinajstić information content (AvgIpc) is 3.52. The lowest BCUT2D eigenvalue weighted by molar-refractivity contribution is 0.443. The van der Waals surface area contributed by atoms with Gasteiger partial charge in [0.25, 0.3) is 0 Å². The molecule has 0 aromatic heterocycles. The van der Waals surface area contributed by atoms with Gasteiger partial charge in [0, 0.05) is 22.4 Å². The van der Waals surface area contributed by atoms with Crippen LogP contribution in [0.2, 0.25) is 0 Å². The van der Waals surface area contributed by atoms with Crippen molar-refractivity contribution in [3.63, 3.8) is 0 Å². The number of rotatable bonds is 8. The minimum Gasteiger partial charge on any atom is -0.310 e. The van der Waals surface area contributed by atoms with E-state index in [9.17, 15) is 0 Å². The van der Waals surface area contributed by atoms with Crippen LogP contribution < -0.4 is 4.90 Å². The van der Waals surface area contributed by atoms with Crippen molar-refractivity contribution < 1.29 is 0 Å². The number of benzene rings is 8. The van der Waals surface area contributed by atoms with Crippen molar-refractivity contribution in [1.82, 2.24) is 0 Å². The van der Waals surface area contributed by atoms with E-state index in [0.717, 1.165) is 5.69 Å². The predicted octanol–water partition coefficient (Wildman–Crippen LogP) is 16.2. The van der Waals surface area contributed by atoms with Gasteiger partial charge < -0.3 is 4.90 Å². The van der Waals surface area contributed by atoms with Crippen LogP contribution in [0.1, 0.15) is 68.6 Å². The molecule has 0 saturated heterocycles. The Balaban J connectivity index is 1.13. The molecule has 2 aliphatic carbocycles. The van der Waals surface area contributed by atoms with E-state index in [0.29, 0.717) is 5.92 Å². The first kappa shape index (κ1) is 35.9. The monoisotopic (exact) mass is 747 g/mol. The Morgan fingerprint density at radius 3 is 1.43 bits per heavy atom. The van der Waals surface area contributed by atoms with E-state index >= 15 is 0 Å². The molecule has 8 aromatic rings. The molecule has 1 fully saturated rings. The van der Waals surface area contributed by atoms with Gasteiger partial charge in [0.2, 0.25) is 0 Å². The molecule has 2 aliphatic rings. The summed E-state index contributed by atoms with van der Waals surface area (Å²) in [6, 6.07) is 72.1. The second-order valence-corrected chi connectivity index (χ2v) is 16.7. The Morgan fingerprint density at radius 1 is 0.379 bits per heavy atom. The van der Waals surface area contributed by atoms with Crippen molar-refractivity contribution in [3.8, 4) is 55.6 Å². The number of hydrogen-bond donors (Lipinski definition) is 0. The summed E-state index contributed by atoms with van der Waals surface area (Å²) in [6.45, 7) is 4.77. The maximum Gasteiger partial charge on any atom is 0.0543 e. The Morgan fingerprint density at radius 2 is 0.845 bits per heavy atom. The molecule has 0 N–H and O–H groups in total. The molecule has 0 bridgehead atoms. The second kappa shape index (κ2) is 15.1. The molecular formula is C57H49N. The highest BCUT2D eigenvalue weighted by molar-refractivity contribution is 5.96. The van der Waals surface area contributed by atoms with Crippen molar-refractivity contribution in [1.29, 1.82) is 0 Å². The van der Waals surface area contributed by atoms with E-state index in [1.165, 1.54) is 116 Å². The number of fused-ring (bicyclic) bond motifs is 3. The van der Waals surface area contributed by atoms with Crippen molar-refractivity contribution >= 4 is 17.1 Å². The summed E-state index contributed by atoms with van der Waals surface area (Å²) in [4.78, 5) is 2.51. The minimum absolute atomic E-state index is 0.129. The van der Waals surface area contributed by atoms with Gasteiger partial charge in [-0.25, -0.2) is 0 Å². The molecule has 8 aromatic carbocycles. The van der Waals surface area contributed by atoms with Crippen LogP contribution in [0.15, 0.2) is 194 Å². The van der Waals surface area contributed by atoms with Crippen LogP contribution in [-0.4, -0.2) is 0 Å². The lowest BCUT2D eigenvalue weighted by Crippen LogP contribution is -2.17. The molecule has 1 saturated carbocycles. The van der Waals surface area contributed by atoms with Crippen molar-refractivity contribution in [2.45, 2.75) is 57.3 Å². The van der Waals surface area contributed by atoms with E-state index in [1.54, 1.807) is 0 Å². The fraction of sp³-hybridized carbons (Fsp3) is 0.158. The topological polar surface area (TPSA) is 3.24 Å². The Bertz CT molecular complexity index is 2700. The molecule has 1 heteroatoms. The van der Waals surface area contributed by atoms with Gasteiger partial charge in [-0.3, -0.25) is 0 Å². The maximum absolute atomic E-state index is 2.51. The van der Waals surface area contributed by atoms with E-state index in [2.05, 4.69) is 213 Å². The molecule has 0 radical (unpaired) electrons. The van der Waals surface area contributed by atoms with Crippen molar-refractivity contribution in [3.05, 3.63) is 211 Å². The highest BCUT2D eigenvalue weighted by atomic mass is 15.1. The van der Waals surface area contributed by atoms with Gasteiger partial charge in [0.05, 0.1) is 5.69 Å². The molecule has 282 valence electrons. The molecule has 10 rings (SSSR count). The number of hydrogen-bond acceptors (Lipinski definition) is 1. The zero-order valence-corrected chi connectivity index (χ0v) is 33.5. The van der Waals surface area contributed by atoms with Crippen LogP contribution in [-0.2, 0) is 5.41 Å². The third-order valence-corrected chi connectivity index (χ3v) is 12.9. The number of anilines is 3. The van der Waals surface area contributed by atoms with Crippen molar-refractivity contribution in [2.75, 3.05) is 4.90 Å². The summed E-state index contributed by atoms with van der Waals surface area (Å²) in [5.74, 6) is 0.654. The molecule has 0 amide bonds. The zero-order valence-electron chi connectivity index (χ0n) is 33.5. The standard InChI is InChI=1S/C57H49N/c1-57(2)54-29-17-16-28-51(54)53-38-52(43-22-10-5-11-23-43)56(39-55(53)57)58(45-34-30-41(31-35-45)40-18-6-3-7-19-40)46-36-32-44(33-37-46)48-25-13-15-27-50(48)49-26-14-12-24-47(49)42-20-8-4-9-21-42/h4-5,8-17,20-40H,3,6-7,18-19H2,1-2H3. The molecule has 58 heavy (non-hydrogen) atoms. The quantitative estimate of drug-likeness (QED) is 0.150. The summed E-state index contributed by atoms with van der Waals surface area (Å²) in [6.07, 6.45) is 6.61. The highest BCUT2D eigenvalue weighted by Gasteiger charge is 2.37. The summed E-state index contributed by atoms with van der Waals surface area (Å²) in [7, 11) is 0. The lowest BCUT2D eigenvalue weighted by atomic mass is 9.81. The summed E-state index contributed by atoms with van der Waals surface area (Å²) < 4.78 is 0. The van der Waals surface area contributed by atoms with Crippen LogP contribution >= 0.6 is 0 Å². The molecule has 1 nitrogen and oxygen atoms in total. The van der Waals surface area contributed by atoms with Crippen LogP contribution in [0, 0.1) is 0 Å². The predicted molar refractivity (Wildman–Crippen MR) is 246 cm³/mol. The summed E-state index contributed by atoms with van der Waals surface area (Å²) >= 11 is 0. The summed E-state index contributed by atoms with van der Waals surface area (Å²) in [5.41, 5.74) is 20.1. The molecule has 0 heterocycles.